The predicted octanol–water partition coefficient (Wildman–Crippen LogP) is 4.73. The summed E-state index contributed by atoms with van der Waals surface area (Å²) in [5, 5.41) is 12.7. The molecule has 8 nitrogen and oxygen atoms in total. The molecule has 0 saturated heterocycles. The third kappa shape index (κ3) is 5.44. The van der Waals surface area contributed by atoms with Crippen LogP contribution >= 0.6 is 23.4 Å². The molecule has 1 amide bonds. The van der Waals surface area contributed by atoms with E-state index in [0.29, 0.717) is 33.2 Å². The van der Waals surface area contributed by atoms with Crippen LogP contribution in [0.2, 0.25) is 5.02 Å². The number of pyridine rings is 1. The zero-order valence-electron chi connectivity index (χ0n) is 17.9. The molecule has 2 aromatic heterocycles. The van der Waals surface area contributed by atoms with Gasteiger partial charge in [0, 0.05) is 52.6 Å². The predicted molar refractivity (Wildman–Crippen MR) is 128 cm³/mol. The van der Waals surface area contributed by atoms with Gasteiger partial charge in [-0.2, -0.15) is 0 Å². The van der Waals surface area contributed by atoms with Gasteiger partial charge in [-0.15, -0.1) is 10.2 Å². The summed E-state index contributed by atoms with van der Waals surface area (Å²) < 4.78 is 12.4. The molecular weight excluding hydrogens is 462 g/mol. The van der Waals surface area contributed by atoms with Crippen LogP contribution in [0.4, 0.5) is 5.69 Å². The Hall–Kier alpha value is -3.56. The van der Waals surface area contributed by atoms with E-state index in [4.69, 9.17) is 21.1 Å². The molecule has 10 heteroatoms. The van der Waals surface area contributed by atoms with E-state index in [1.807, 2.05) is 28.8 Å². The second kappa shape index (κ2) is 10.4. The zero-order valence-corrected chi connectivity index (χ0v) is 19.4. The third-order valence-corrected chi connectivity index (χ3v) is 5.79. The maximum Gasteiger partial charge on any atom is 0.234 e. The van der Waals surface area contributed by atoms with E-state index in [1.54, 1.807) is 56.9 Å². The van der Waals surface area contributed by atoms with E-state index >= 15 is 0 Å². The molecular formula is C23H20ClN5O3S. The van der Waals surface area contributed by atoms with Gasteiger partial charge in [0.1, 0.15) is 11.5 Å². The van der Waals surface area contributed by atoms with E-state index < -0.39 is 0 Å². The highest BCUT2D eigenvalue weighted by Gasteiger charge is 2.18. The fourth-order valence-electron chi connectivity index (χ4n) is 3.08. The fourth-order valence-corrected chi connectivity index (χ4v) is 3.95. The number of amides is 1. The van der Waals surface area contributed by atoms with Gasteiger partial charge in [-0.25, -0.2) is 0 Å². The van der Waals surface area contributed by atoms with Crippen LogP contribution in [-0.4, -0.2) is 45.6 Å². The van der Waals surface area contributed by atoms with E-state index in [-0.39, 0.29) is 11.7 Å². The summed E-state index contributed by atoms with van der Waals surface area (Å²) in [6.07, 6.45) is 3.41. The van der Waals surface area contributed by atoms with E-state index in [2.05, 4.69) is 20.5 Å². The molecule has 168 valence electrons. The van der Waals surface area contributed by atoms with Gasteiger partial charge in [0.25, 0.3) is 0 Å². The number of thioether (sulfide) groups is 1. The highest BCUT2D eigenvalue weighted by molar-refractivity contribution is 7.99. The average Bonchev–Trinajstić information content (AvgIpc) is 3.27. The van der Waals surface area contributed by atoms with Crippen molar-refractivity contribution in [3.05, 3.63) is 72.0 Å². The smallest absolute Gasteiger partial charge is 0.234 e. The van der Waals surface area contributed by atoms with Crippen LogP contribution in [0.25, 0.3) is 17.1 Å². The molecule has 4 aromatic rings. The summed E-state index contributed by atoms with van der Waals surface area (Å²) in [4.78, 5) is 16.8. The molecule has 1 N–H and O–H groups in total. The van der Waals surface area contributed by atoms with Crippen LogP contribution in [0.15, 0.2) is 72.1 Å². The Morgan fingerprint density at radius 3 is 2.42 bits per heavy atom. The Balaban J connectivity index is 1.56. The molecule has 4 rings (SSSR count). The van der Waals surface area contributed by atoms with Crippen LogP contribution < -0.4 is 14.8 Å². The first-order chi connectivity index (χ1) is 16.1. The van der Waals surface area contributed by atoms with Gasteiger partial charge in [0.15, 0.2) is 11.0 Å². The van der Waals surface area contributed by atoms with Crippen molar-refractivity contribution in [2.45, 2.75) is 5.16 Å². The van der Waals surface area contributed by atoms with Crippen molar-refractivity contribution < 1.29 is 14.3 Å². The summed E-state index contributed by atoms with van der Waals surface area (Å²) >= 11 is 7.34. The van der Waals surface area contributed by atoms with Crippen molar-refractivity contribution >= 4 is 35.0 Å². The van der Waals surface area contributed by atoms with Gasteiger partial charge in [0.2, 0.25) is 5.91 Å². The van der Waals surface area contributed by atoms with Crippen molar-refractivity contribution in [3.63, 3.8) is 0 Å². The summed E-state index contributed by atoms with van der Waals surface area (Å²) in [6, 6.07) is 16.3. The standard InChI is InChI=1S/C23H20ClN5O3S/c1-31-19-10-17(11-20(12-19)32-2)26-21(30)14-33-23-28-27-22(15-4-3-9-25-13-15)29(23)18-7-5-16(24)6-8-18/h3-13H,14H2,1-2H3,(H,26,30). The lowest BCUT2D eigenvalue weighted by molar-refractivity contribution is -0.113. The Labute approximate surface area is 199 Å². The highest BCUT2D eigenvalue weighted by atomic mass is 35.5. The number of anilines is 1. The fraction of sp³-hybridized carbons (Fsp3) is 0.130. The van der Waals surface area contributed by atoms with Crippen molar-refractivity contribution in [3.8, 4) is 28.6 Å². The zero-order chi connectivity index (χ0) is 23.2. The highest BCUT2D eigenvalue weighted by Crippen LogP contribution is 2.29. The van der Waals surface area contributed by atoms with Gasteiger partial charge in [-0.3, -0.25) is 14.3 Å². The number of nitrogens with zero attached hydrogens (tertiary/aromatic N) is 4. The molecule has 0 aliphatic heterocycles. The summed E-state index contributed by atoms with van der Waals surface area (Å²) in [7, 11) is 3.11. The van der Waals surface area contributed by atoms with Crippen molar-refractivity contribution in [1.29, 1.82) is 0 Å². The third-order valence-electron chi connectivity index (χ3n) is 4.61. The SMILES string of the molecule is COc1cc(NC(=O)CSc2nnc(-c3cccnc3)n2-c2ccc(Cl)cc2)cc(OC)c1. The van der Waals surface area contributed by atoms with Crippen molar-refractivity contribution in [1.82, 2.24) is 19.7 Å². The number of nitrogens with one attached hydrogen (secondary N) is 1. The maximum atomic E-state index is 12.7. The number of carbonyl (C=O) groups is 1. The molecule has 0 unspecified atom stereocenters. The molecule has 0 aliphatic carbocycles. The van der Waals surface area contributed by atoms with Crippen molar-refractivity contribution in [2.24, 2.45) is 0 Å². The monoisotopic (exact) mass is 481 g/mol. The van der Waals surface area contributed by atoms with E-state index in [0.717, 1.165) is 11.3 Å². The number of rotatable bonds is 8. The van der Waals surface area contributed by atoms with Gasteiger partial charge in [-0.05, 0) is 36.4 Å². The minimum Gasteiger partial charge on any atom is -0.497 e. The molecule has 0 radical (unpaired) electrons. The first-order valence-electron chi connectivity index (χ1n) is 9.85. The lowest BCUT2D eigenvalue weighted by Crippen LogP contribution is -2.14. The number of carbonyl (C=O) groups excluding carboxylic acids is 1. The summed E-state index contributed by atoms with van der Waals surface area (Å²) in [6.45, 7) is 0. The Morgan fingerprint density at radius 2 is 1.79 bits per heavy atom. The Morgan fingerprint density at radius 1 is 1.06 bits per heavy atom. The largest absolute Gasteiger partial charge is 0.497 e. The van der Waals surface area contributed by atoms with Gasteiger partial charge >= 0.3 is 0 Å². The maximum absolute atomic E-state index is 12.7. The lowest BCUT2D eigenvalue weighted by Gasteiger charge is -2.11. The number of aromatic nitrogens is 4. The number of halogens is 1. The second-order valence-corrected chi connectivity index (χ2v) is 8.18. The molecule has 0 atom stereocenters. The van der Waals surface area contributed by atoms with Crippen LogP contribution in [0.3, 0.4) is 0 Å². The minimum absolute atomic E-state index is 0.123. The quantitative estimate of drug-likeness (QED) is 0.364. The number of hydrogen-bond acceptors (Lipinski definition) is 7. The van der Waals surface area contributed by atoms with Gasteiger partial charge in [0.05, 0.1) is 20.0 Å². The molecule has 2 aromatic carbocycles. The molecule has 0 aliphatic rings. The molecule has 33 heavy (non-hydrogen) atoms. The number of ether oxygens (including phenoxy) is 2. The lowest BCUT2D eigenvalue weighted by atomic mass is 10.2. The van der Waals surface area contributed by atoms with Crippen LogP contribution in [0.5, 0.6) is 11.5 Å². The van der Waals surface area contributed by atoms with E-state index in [1.165, 1.54) is 11.8 Å². The molecule has 0 saturated carbocycles. The van der Waals surface area contributed by atoms with E-state index in [9.17, 15) is 4.79 Å². The number of hydrogen-bond donors (Lipinski definition) is 1. The number of benzene rings is 2. The van der Waals surface area contributed by atoms with Gasteiger partial charge in [-0.1, -0.05) is 23.4 Å². The average molecular weight is 482 g/mol. The van der Waals surface area contributed by atoms with Crippen LogP contribution in [-0.2, 0) is 4.79 Å². The molecule has 0 bridgehead atoms. The molecule has 2 heterocycles. The van der Waals surface area contributed by atoms with Crippen LogP contribution in [0.1, 0.15) is 0 Å². The molecule has 0 spiro atoms. The minimum atomic E-state index is -0.205. The summed E-state index contributed by atoms with van der Waals surface area (Å²) in [5.41, 5.74) is 2.20. The number of methoxy groups -OCH3 is 2. The topological polar surface area (TPSA) is 91.2 Å². The Kier molecular flexibility index (Phi) is 7.11. The second-order valence-electron chi connectivity index (χ2n) is 6.80. The normalized spacial score (nSPS) is 10.6. The van der Waals surface area contributed by atoms with Crippen LogP contribution in [0, 0.1) is 0 Å². The molecule has 0 fully saturated rings. The van der Waals surface area contributed by atoms with Gasteiger partial charge < -0.3 is 14.8 Å². The summed E-state index contributed by atoms with van der Waals surface area (Å²) in [5.74, 6) is 1.70. The first kappa shape index (κ1) is 22.6. The first-order valence-corrected chi connectivity index (χ1v) is 11.2. The Bertz CT molecular complexity index is 1230. The van der Waals surface area contributed by atoms with Crippen molar-refractivity contribution in [2.75, 3.05) is 25.3 Å².